The molecule has 0 N–H and O–H groups in total. The topological polar surface area (TPSA) is 0 Å². The van der Waals surface area contributed by atoms with E-state index in [1.807, 2.05) is 13.8 Å². The number of rotatable bonds is 0. The van der Waals surface area contributed by atoms with Crippen molar-refractivity contribution in [3.63, 3.8) is 0 Å². The van der Waals surface area contributed by atoms with Gasteiger partial charge in [0.15, 0.2) is 0 Å². The van der Waals surface area contributed by atoms with Gasteiger partial charge < -0.3 is 0 Å². The summed E-state index contributed by atoms with van der Waals surface area (Å²) in [5.74, 6) is 2.30. The first-order valence-electron chi connectivity index (χ1n) is 6.86. The molecular formula is C14H30. The summed E-state index contributed by atoms with van der Waals surface area (Å²) in [5.41, 5.74) is 0. The van der Waals surface area contributed by atoms with Crippen LogP contribution in [0.3, 0.4) is 0 Å². The van der Waals surface area contributed by atoms with E-state index in [1.165, 1.54) is 19.3 Å². The minimum absolute atomic E-state index is 1.15. The molecule has 0 spiro atoms. The second-order valence-electron chi connectivity index (χ2n) is 4.54. The van der Waals surface area contributed by atoms with Gasteiger partial charge in [-0.1, -0.05) is 72.6 Å². The first-order chi connectivity index (χ1) is 6.86. The molecule has 2 aliphatic rings. The van der Waals surface area contributed by atoms with Gasteiger partial charge in [-0.15, -0.1) is 0 Å². The zero-order valence-corrected chi connectivity index (χ0v) is 10.8. The van der Waals surface area contributed by atoms with Gasteiger partial charge in [0, 0.05) is 0 Å². The molecule has 2 saturated carbocycles. The van der Waals surface area contributed by atoms with E-state index in [0.717, 1.165) is 11.8 Å². The van der Waals surface area contributed by atoms with Crippen molar-refractivity contribution < 1.29 is 0 Å². The Balaban J connectivity index is 0.000000294. The van der Waals surface area contributed by atoms with Crippen LogP contribution in [0, 0.1) is 11.8 Å². The molecule has 0 aliphatic heterocycles. The van der Waals surface area contributed by atoms with Crippen molar-refractivity contribution in [2.75, 3.05) is 0 Å². The monoisotopic (exact) mass is 198 g/mol. The van der Waals surface area contributed by atoms with Crippen molar-refractivity contribution in [3.05, 3.63) is 0 Å². The summed E-state index contributed by atoms with van der Waals surface area (Å²) >= 11 is 0. The van der Waals surface area contributed by atoms with Crippen LogP contribution in [0.15, 0.2) is 0 Å². The quantitative estimate of drug-likeness (QED) is 0.487. The van der Waals surface area contributed by atoms with Crippen LogP contribution >= 0.6 is 0 Å². The Morgan fingerprint density at radius 3 is 1.29 bits per heavy atom. The zero-order chi connectivity index (χ0) is 10.8. The summed E-state index contributed by atoms with van der Waals surface area (Å²) in [6.45, 7) is 8.25. The molecule has 14 heavy (non-hydrogen) atoms. The minimum atomic E-state index is 1.15. The van der Waals surface area contributed by atoms with Gasteiger partial charge in [0.05, 0.1) is 0 Å². The molecule has 0 heteroatoms. The number of fused-ring (bicyclic) bond motifs is 2. The number of hydrogen-bond acceptors (Lipinski definition) is 0. The van der Waals surface area contributed by atoms with Crippen molar-refractivity contribution in [2.24, 2.45) is 11.8 Å². The molecule has 0 radical (unpaired) electrons. The van der Waals surface area contributed by atoms with Gasteiger partial charge in [-0.2, -0.15) is 0 Å². The van der Waals surface area contributed by atoms with Crippen LogP contribution in [-0.2, 0) is 0 Å². The highest BCUT2D eigenvalue weighted by molar-refractivity contribution is 4.77. The third-order valence-electron chi connectivity index (χ3n) is 3.12. The fourth-order valence-electron chi connectivity index (χ4n) is 2.62. The molecule has 0 heterocycles. The van der Waals surface area contributed by atoms with Crippen molar-refractivity contribution in [2.45, 2.75) is 79.1 Å². The lowest BCUT2D eigenvalue weighted by Gasteiger charge is -2.33. The molecule has 0 aromatic rings. The van der Waals surface area contributed by atoms with Crippen molar-refractivity contribution in [1.82, 2.24) is 0 Å². The Morgan fingerprint density at radius 2 is 1.07 bits per heavy atom. The van der Waals surface area contributed by atoms with E-state index in [1.54, 1.807) is 32.1 Å². The fourth-order valence-corrected chi connectivity index (χ4v) is 2.62. The Kier molecular flexibility index (Phi) is 9.55. The normalized spacial score (nSPS) is 29.1. The van der Waals surface area contributed by atoms with E-state index >= 15 is 0 Å². The lowest BCUT2D eigenvalue weighted by molar-refractivity contribution is 0.190. The molecule has 0 aromatic carbocycles. The molecule has 2 fully saturated rings. The standard InChI is InChI=1S/C9H16.C3H8.C2H6/c1-3-8-5-2-6-9(4-1)7-8;1-3-2;1-2/h8-9H,1-7H2;3H2,1-2H3;1-2H3. The second kappa shape index (κ2) is 9.55. The van der Waals surface area contributed by atoms with Crippen LogP contribution in [0.2, 0.25) is 0 Å². The first-order valence-corrected chi connectivity index (χ1v) is 6.86. The van der Waals surface area contributed by atoms with Crippen LogP contribution in [0.1, 0.15) is 79.1 Å². The molecule has 2 aliphatic carbocycles. The van der Waals surface area contributed by atoms with Crippen LogP contribution in [0.5, 0.6) is 0 Å². The Hall–Kier alpha value is 0. The van der Waals surface area contributed by atoms with Crippen molar-refractivity contribution >= 4 is 0 Å². The lowest BCUT2D eigenvalue weighted by atomic mass is 9.72. The van der Waals surface area contributed by atoms with Crippen molar-refractivity contribution in [1.29, 1.82) is 0 Å². The maximum atomic E-state index is 2.12. The molecule has 0 saturated heterocycles. The Labute approximate surface area is 91.5 Å². The zero-order valence-electron chi connectivity index (χ0n) is 10.8. The van der Waals surface area contributed by atoms with Gasteiger partial charge in [0.2, 0.25) is 0 Å². The summed E-state index contributed by atoms with van der Waals surface area (Å²) in [6.07, 6.45) is 12.1. The van der Waals surface area contributed by atoms with Gasteiger partial charge in [-0.25, -0.2) is 0 Å². The van der Waals surface area contributed by atoms with Crippen LogP contribution in [-0.4, -0.2) is 0 Å². The first kappa shape index (κ1) is 14.0. The predicted octanol–water partition coefficient (Wildman–Crippen LogP) is 5.42. The molecule has 0 nitrogen and oxygen atoms in total. The average molecular weight is 198 g/mol. The fraction of sp³-hybridized carbons (Fsp3) is 1.00. The maximum absolute atomic E-state index is 2.12. The van der Waals surface area contributed by atoms with E-state index in [4.69, 9.17) is 0 Å². The third kappa shape index (κ3) is 5.67. The van der Waals surface area contributed by atoms with Crippen molar-refractivity contribution in [3.8, 4) is 0 Å². The van der Waals surface area contributed by atoms with Crippen LogP contribution < -0.4 is 0 Å². The van der Waals surface area contributed by atoms with E-state index in [9.17, 15) is 0 Å². The highest BCUT2D eigenvalue weighted by Crippen LogP contribution is 2.39. The molecule has 2 bridgehead atoms. The van der Waals surface area contributed by atoms with E-state index in [-0.39, 0.29) is 0 Å². The van der Waals surface area contributed by atoms with E-state index in [2.05, 4.69) is 13.8 Å². The van der Waals surface area contributed by atoms with Crippen LogP contribution in [0.4, 0.5) is 0 Å². The summed E-state index contributed by atoms with van der Waals surface area (Å²) < 4.78 is 0. The van der Waals surface area contributed by atoms with Gasteiger partial charge in [0.25, 0.3) is 0 Å². The largest absolute Gasteiger partial charge is 0.0683 e. The molecule has 0 aromatic heterocycles. The third-order valence-corrected chi connectivity index (χ3v) is 3.12. The SMILES string of the molecule is C1CC2CCCC(C1)C2.CC.CCC. The summed E-state index contributed by atoms with van der Waals surface area (Å²) in [5, 5.41) is 0. The number of hydrogen-bond donors (Lipinski definition) is 0. The molecule has 2 rings (SSSR count). The predicted molar refractivity (Wildman–Crippen MR) is 66.6 cm³/mol. The molecule has 0 atom stereocenters. The van der Waals surface area contributed by atoms with Gasteiger partial charge >= 0.3 is 0 Å². The van der Waals surface area contributed by atoms with E-state index < -0.39 is 0 Å². The minimum Gasteiger partial charge on any atom is -0.0683 e. The second-order valence-corrected chi connectivity index (χ2v) is 4.54. The summed E-state index contributed by atoms with van der Waals surface area (Å²) in [4.78, 5) is 0. The summed E-state index contributed by atoms with van der Waals surface area (Å²) in [6, 6.07) is 0. The van der Waals surface area contributed by atoms with Crippen LogP contribution in [0.25, 0.3) is 0 Å². The van der Waals surface area contributed by atoms with Gasteiger partial charge in [-0.3, -0.25) is 0 Å². The average Bonchev–Trinajstić information content (AvgIpc) is 2.22. The molecule has 0 amide bonds. The molecule has 86 valence electrons. The summed E-state index contributed by atoms with van der Waals surface area (Å²) in [7, 11) is 0. The van der Waals surface area contributed by atoms with Gasteiger partial charge in [-0.05, 0) is 18.3 Å². The Morgan fingerprint density at radius 1 is 0.786 bits per heavy atom. The highest BCUT2D eigenvalue weighted by atomic mass is 14.3. The van der Waals surface area contributed by atoms with E-state index in [0.29, 0.717) is 0 Å². The smallest absolute Gasteiger partial charge is 0.0412 e. The Bertz CT molecular complexity index is 86.6. The lowest BCUT2D eigenvalue weighted by Crippen LogP contribution is -2.20. The maximum Gasteiger partial charge on any atom is -0.0412 e. The molecular weight excluding hydrogens is 168 g/mol. The molecule has 0 unspecified atom stereocenters. The van der Waals surface area contributed by atoms with Gasteiger partial charge in [0.1, 0.15) is 0 Å². The highest BCUT2D eigenvalue weighted by Gasteiger charge is 2.25.